The van der Waals surface area contributed by atoms with Crippen LogP contribution in [-0.4, -0.2) is 30.0 Å². The highest BCUT2D eigenvalue weighted by molar-refractivity contribution is 5.92. The van der Waals surface area contributed by atoms with E-state index in [0.29, 0.717) is 11.8 Å². The molecular weight excluding hydrogens is 264 g/mol. The molecule has 1 unspecified atom stereocenters. The molecule has 1 N–H and O–H groups in total. The number of benzene rings is 1. The Morgan fingerprint density at radius 2 is 2.14 bits per heavy atom. The molecule has 1 atom stereocenters. The molecule has 1 amide bonds. The summed E-state index contributed by atoms with van der Waals surface area (Å²) in [5.74, 6) is 1.93. The first-order valence-electron chi connectivity index (χ1n) is 7.86. The number of nitrogens with zero attached hydrogens (tertiary/aromatic N) is 1. The highest BCUT2D eigenvalue weighted by atomic mass is 16.5. The van der Waals surface area contributed by atoms with E-state index in [1.54, 1.807) is 7.11 Å². The second-order valence-electron chi connectivity index (χ2n) is 6.76. The minimum atomic E-state index is -0.243. The average molecular weight is 286 g/mol. The molecule has 1 aliphatic heterocycles. The molecule has 1 spiro atoms. The molecule has 0 aromatic heterocycles. The summed E-state index contributed by atoms with van der Waals surface area (Å²) < 4.78 is 5.34. The molecule has 4 rings (SSSR count). The molecule has 2 aliphatic carbocycles. The molecule has 0 radical (unpaired) electrons. The van der Waals surface area contributed by atoms with Crippen LogP contribution in [0.3, 0.4) is 0 Å². The van der Waals surface area contributed by atoms with Crippen LogP contribution in [-0.2, 0) is 4.79 Å². The smallest absolute Gasteiger partial charge is 0.244 e. The van der Waals surface area contributed by atoms with Crippen LogP contribution in [0.15, 0.2) is 18.2 Å². The summed E-state index contributed by atoms with van der Waals surface area (Å²) in [6, 6.07) is 6.23. The number of nitrogens with one attached hydrogen (secondary N) is 1. The van der Waals surface area contributed by atoms with E-state index >= 15 is 0 Å². The highest BCUT2D eigenvalue weighted by Gasteiger charge is 2.59. The van der Waals surface area contributed by atoms with Crippen LogP contribution in [0.2, 0.25) is 0 Å². The zero-order chi connectivity index (χ0) is 14.6. The maximum absolute atomic E-state index is 12.7. The van der Waals surface area contributed by atoms with Gasteiger partial charge in [0.2, 0.25) is 5.91 Å². The van der Waals surface area contributed by atoms with Crippen molar-refractivity contribution in [2.75, 3.05) is 13.7 Å². The predicted octanol–water partition coefficient (Wildman–Crippen LogP) is 2.38. The van der Waals surface area contributed by atoms with Gasteiger partial charge in [-0.3, -0.25) is 10.1 Å². The van der Waals surface area contributed by atoms with Gasteiger partial charge >= 0.3 is 0 Å². The summed E-state index contributed by atoms with van der Waals surface area (Å²) in [6.07, 6.45) is 4.54. The van der Waals surface area contributed by atoms with Gasteiger partial charge in [0.25, 0.3) is 0 Å². The van der Waals surface area contributed by atoms with E-state index in [4.69, 9.17) is 4.74 Å². The van der Waals surface area contributed by atoms with Crippen molar-refractivity contribution in [2.45, 2.75) is 44.3 Å². The summed E-state index contributed by atoms with van der Waals surface area (Å²) in [5, 5.41) is 3.59. The van der Waals surface area contributed by atoms with Crippen LogP contribution in [0.25, 0.3) is 0 Å². The summed E-state index contributed by atoms with van der Waals surface area (Å²) in [7, 11) is 1.69. The van der Waals surface area contributed by atoms with Crippen molar-refractivity contribution in [3.05, 3.63) is 29.3 Å². The van der Waals surface area contributed by atoms with Crippen LogP contribution in [0.1, 0.15) is 43.0 Å². The molecule has 1 saturated heterocycles. The Hall–Kier alpha value is -1.55. The standard InChI is InChI=1S/C17H22N2O2/c1-11-9-13(5-6-14(11)21-2)15-18-17(7-8-17)16(20)19(15)10-12-3-4-12/h5-6,9,12,15,18H,3-4,7-8,10H2,1-2H3. The monoisotopic (exact) mass is 286 g/mol. The van der Waals surface area contributed by atoms with Gasteiger partial charge in [0.05, 0.1) is 7.11 Å². The van der Waals surface area contributed by atoms with E-state index in [9.17, 15) is 4.79 Å². The number of methoxy groups -OCH3 is 1. The number of hydrogen-bond acceptors (Lipinski definition) is 3. The zero-order valence-electron chi connectivity index (χ0n) is 12.7. The van der Waals surface area contributed by atoms with Crippen molar-refractivity contribution < 1.29 is 9.53 Å². The Morgan fingerprint density at radius 1 is 1.38 bits per heavy atom. The van der Waals surface area contributed by atoms with Crippen LogP contribution in [0.5, 0.6) is 5.75 Å². The van der Waals surface area contributed by atoms with E-state index in [2.05, 4.69) is 29.3 Å². The van der Waals surface area contributed by atoms with E-state index in [1.165, 1.54) is 18.4 Å². The van der Waals surface area contributed by atoms with Gasteiger partial charge in [0, 0.05) is 6.54 Å². The van der Waals surface area contributed by atoms with Gasteiger partial charge in [0.1, 0.15) is 17.5 Å². The number of hydrogen-bond donors (Lipinski definition) is 1. The van der Waals surface area contributed by atoms with Crippen LogP contribution >= 0.6 is 0 Å². The lowest BCUT2D eigenvalue weighted by Gasteiger charge is -2.25. The van der Waals surface area contributed by atoms with Gasteiger partial charge < -0.3 is 9.64 Å². The first-order chi connectivity index (χ1) is 10.1. The second-order valence-corrected chi connectivity index (χ2v) is 6.76. The van der Waals surface area contributed by atoms with E-state index in [-0.39, 0.29) is 11.7 Å². The van der Waals surface area contributed by atoms with Crippen molar-refractivity contribution in [1.29, 1.82) is 0 Å². The lowest BCUT2D eigenvalue weighted by atomic mass is 10.1. The molecule has 3 aliphatic rings. The fraction of sp³-hybridized carbons (Fsp3) is 0.588. The van der Waals surface area contributed by atoms with Crippen LogP contribution < -0.4 is 10.1 Å². The number of rotatable bonds is 4. The maximum Gasteiger partial charge on any atom is 0.244 e. The molecular formula is C17H22N2O2. The topological polar surface area (TPSA) is 41.6 Å². The minimum absolute atomic E-state index is 0.0326. The van der Waals surface area contributed by atoms with E-state index in [1.807, 2.05) is 6.07 Å². The van der Waals surface area contributed by atoms with Crippen molar-refractivity contribution in [2.24, 2.45) is 5.92 Å². The largest absolute Gasteiger partial charge is 0.496 e. The fourth-order valence-electron chi connectivity index (χ4n) is 3.38. The van der Waals surface area contributed by atoms with Crippen LogP contribution in [0, 0.1) is 12.8 Å². The Kier molecular flexibility index (Phi) is 2.80. The van der Waals surface area contributed by atoms with Gasteiger partial charge in [-0.2, -0.15) is 0 Å². The zero-order valence-corrected chi connectivity index (χ0v) is 12.7. The predicted molar refractivity (Wildman–Crippen MR) is 80.0 cm³/mol. The van der Waals surface area contributed by atoms with E-state index < -0.39 is 0 Å². The average Bonchev–Trinajstić information content (AvgIpc) is 3.37. The molecule has 3 fully saturated rings. The van der Waals surface area contributed by atoms with Gasteiger partial charge in [-0.15, -0.1) is 0 Å². The maximum atomic E-state index is 12.7. The molecule has 2 saturated carbocycles. The summed E-state index contributed by atoms with van der Waals surface area (Å²) >= 11 is 0. The quantitative estimate of drug-likeness (QED) is 0.924. The fourth-order valence-corrected chi connectivity index (χ4v) is 3.38. The van der Waals surface area contributed by atoms with E-state index in [0.717, 1.165) is 30.7 Å². The highest BCUT2D eigenvalue weighted by Crippen LogP contribution is 2.47. The Balaban J connectivity index is 1.65. The van der Waals surface area contributed by atoms with Gasteiger partial charge in [-0.05, 0) is 61.8 Å². The first kappa shape index (κ1) is 13.1. The third-order valence-electron chi connectivity index (χ3n) is 5.03. The molecule has 21 heavy (non-hydrogen) atoms. The van der Waals surface area contributed by atoms with Crippen molar-refractivity contribution in [3.63, 3.8) is 0 Å². The molecule has 4 heteroatoms. The number of ether oxygens (including phenoxy) is 1. The lowest BCUT2D eigenvalue weighted by molar-refractivity contribution is -0.131. The molecule has 0 bridgehead atoms. The Labute approximate surface area is 125 Å². The normalized spacial score (nSPS) is 26.5. The van der Waals surface area contributed by atoms with Gasteiger partial charge in [-0.25, -0.2) is 0 Å². The molecule has 1 aromatic carbocycles. The van der Waals surface area contributed by atoms with Gasteiger partial charge in [0.15, 0.2) is 0 Å². The number of carbonyl (C=O) groups is 1. The van der Waals surface area contributed by atoms with Crippen molar-refractivity contribution in [3.8, 4) is 5.75 Å². The molecule has 1 heterocycles. The molecule has 1 aromatic rings. The number of carbonyl (C=O) groups excluding carboxylic acids is 1. The number of amides is 1. The first-order valence-corrected chi connectivity index (χ1v) is 7.86. The SMILES string of the molecule is COc1ccc(C2NC3(CC3)C(=O)N2CC2CC2)cc1C. The summed E-state index contributed by atoms with van der Waals surface area (Å²) in [5.41, 5.74) is 2.05. The second kappa shape index (κ2) is 4.47. The summed E-state index contributed by atoms with van der Waals surface area (Å²) in [6.45, 7) is 2.96. The summed E-state index contributed by atoms with van der Waals surface area (Å²) in [4.78, 5) is 14.8. The molecule has 112 valence electrons. The Morgan fingerprint density at radius 3 is 2.71 bits per heavy atom. The minimum Gasteiger partial charge on any atom is -0.496 e. The van der Waals surface area contributed by atoms with Crippen molar-refractivity contribution in [1.82, 2.24) is 10.2 Å². The van der Waals surface area contributed by atoms with Gasteiger partial charge in [-0.1, -0.05) is 6.07 Å². The van der Waals surface area contributed by atoms with Crippen molar-refractivity contribution >= 4 is 5.91 Å². The third kappa shape index (κ3) is 2.13. The molecule has 4 nitrogen and oxygen atoms in total. The number of aryl methyl sites for hydroxylation is 1. The lowest BCUT2D eigenvalue weighted by Crippen LogP contribution is -2.33. The Bertz CT molecular complexity index is 590. The third-order valence-corrected chi connectivity index (χ3v) is 5.03. The van der Waals surface area contributed by atoms with Crippen LogP contribution in [0.4, 0.5) is 0 Å².